The Bertz CT molecular complexity index is 1410. The molecule has 2 aromatic heterocycles. The molecule has 8 heteroatoms. The van der Waals surface area contributed by atoms with Gasteiger partial charge in [-0.1, -0.05) is 54.2 Å². The van der Waals surface area contributed by atoms with Crippen LogP contribution < -0.4 is 9.47 Å². The lowest BCUT2D eigenvalue weighted by Gasteiger charge is -2.12. The summed E-state index contributed by atoms with van der Waals surface area (Å²) in [5.41, 5.74) is 3.91. The van der Waals surface area contributed by atoms with E-state index in [2.05, 4.69) is 44.0 Å². The Morgan fingerprint density at radius 1 is 0.861 bits per heavy atom. The van der Waals surface area contributed by atoms with E-state index in [4.69, 9.17) is 13.9 Å². The molecule has 0 unspecified atom stereocenters. The largest absolute Gasteiger partial charge is 0.497 e. The van der Waals surface area contributed by atoms with Crippen molar-refractivity contribution in [3.8, 4) is 34.3 Å². The van der Waals surface area contributed by atoms with Crippen LogP contribution in [0.15, 0.2) is 94.7 Å². The maximum atomic E-state index is 5.73. The molecule has 0 aliphatic rings. The zero-order chi connectivity index (χ0) is 24.7. The minimum atomic E-state index is 0.577. The fourth-order valence-corrected chi connectivity index (χ4v) is 4.73. The molecule has 0 saturated carbocycles. The second-order valence-corrected chi connectivity index (χ2v) is 9.00. The second-order valence-electron chi connectivity index (χ2n) is 8.05. The van der Waals surface area contributed by atoms with Crippen molar-refractivity contribution in [2.75, 3.05) is 14.2 Å². The highest BCUT2D eigenvalue weighted by Gasteiger charge is 2.18. The molecule has 0 radical (unpaired) electrons. The Morgan fingerprint density at radius 3 is 2.42 bits per heavy atom. The fourth-order valence-electron chi connectivity index (χ4n) is 3.89. The first kappa shape index (κ1) is 23.7. The van der Waals surface area contributed by atoms with Crippen LogP contribution in [0.5, 0.6) is 11.5 Å². The zero-order valence-electron chi connectivity index (χ0n) is 20.1. The van der Waals surface area contributed by atoms with Crippen LogP contribution in [0.1, 0.15) is 11.3 Å². The summed E-state index contributed by atoms with van der Waals surface area (Å²) >= 11 is 1.58. The van der Waals surface area contributed by atoms with Crippen LogP contribution in [-0.2, 0) is 18.7 Å². The number of hydrogen-bond acceptors (Lipinski definition) is 7. The number of methoxy groups -OCH3 is 2. The van der Waals surface area contributed by atoms with Crippen LogP contribution in [0.2, 0.25) is 0 Å². The maximum absolute atomic E-state index is 5.73. The third kappa shape index (κ3) is 5.28. The topological polar surface area (TPSA) is 75.2 Å². The van der Waals surface area contributed by atoms with Gasteiger partial charge >= 0.3 is 0 Å². The molecular weight excluding hydrogens is 472 g/mol. The normalized spacial score (nSPS) is 10.9. The van der Waals surface area contributed by atoms with Crippen molar-refractivity contribution in [1.29, 1.82) is 0 Å². The lowest BCUT2D eigenvalue weighted by molar-refractivity contribution is 0.415. The minimum absolute atomic E-state index is 0.577. The molecule has 0 bridgehead atoms. The number of benzene rings is 3. The van der Waals surface area contributed by atoms with E-state index in [1.807, 2.05) is 54.6 Å². The highest BCUT2D eigenvalue weighted by Crippen LogP contribution is 2.32. The van der Waals surface area contributed by atoms with E-state index >= 15 is 0 Å². The highest BCUT2D eigenvalue weighted by molar-refractivity contribution is 7.98. The molecule has 0 N–H and O–H groups in total. The molecule has 0 aliphatic carbocycles. The quantitative estimate of drug-likeness (QED) is 0.214. The van der Waals surface area contributed by atoms with Crippen LogP contribution in [0.4, 0.5) is 0 Å². The molecule has 2 heterocycles. The van der Waals surface area contributed by atoms with Crippen molar-refractivity contribution >= 4 is 11.8 Å². The summed E-state index contributed by atoms with van der Waals surface area (Å²) in [7, 11) is 3.32. The highest BCUT2D eigenvalue weighted by atomic mass is 32.2. The summed E-state index contributed by atoms with van der Waals surface area (Å²) in [6.07, 6.45) is 2.55. The maximum Gasteiger partial charge on any atom is 0.226 e. The fraction of sp³-hybridized carbons (Fsp3) is 0.179. The van der Waals surface area contributed by atoms with Crippen LogP contribution in [0.25, 0.3) is 22.8 Å². The smallest absolute Gasteiger partial charge is 0.226 e. The van der Waals surface area contributed by atoms with Crippen molar-refractivity contribution < 1.29 is 13.9 Å². The molecule has 0 spiro atoms. The van der Waals surface area contributed by atoms with E-state index < -0.39 is 0 Å². The van der Waals surface area contributed by atoms with Crippen LogP contribution in [-0.4, -0.2) is 34.0 Å². The first-order chi connectivity index (χ1) is 17.7. The van der Waals surface area contributed by atoms with Gasteiger partial charge in [0.25, 0.3) is 0 Å². The van der Waals surface area contributed by atoms with E-state index in [9.17, 15) is 0 Å². The summed E-state index contributed by atoms with van der Waals surface area (Å²) in [4.78, 5) is 4.66. The predicted molar refractivity (Wildman–Crippen MR) is 140 cm³/mol. The van der Waals surface area contributed by atoms with Crippen LogP contribution in [0, 0.1) is 0 Å². The lowest BCUT2D eigenvalue weighted by Crippen LogP contribution is -2.06. The summed E-state index contributed by atoms with van der Waals surface area (Å²) in [6.45, 7) is 0.739. The van der Waals surface area contributed by atoms with Gasteiger partial charge in [0.15, 0.2) is 11.0 Å². The number of ether oxygens (including phenoxy) is 2. The Labute approximate surface area is 214 Å². The summed E-state index contributed by atoms with van der Waals surface area (Å²) in [6, 6.07) is 25.9. The summed E-state index contributed by atoms with van der Waals surface area (Å²) in [5, 5.41) is 9.89. The Morgan fingerprint density at radius 2 is 1.64 bits per heavy atom. The monoisotopic (exact) mass is 498 g/mol. The van der Waals surface area contributed by atoms with Crippen molar-refractivity contribution in [3.05, 3.63) is 96.4 Å². The molecule has 7 nitrogen and oxygen atoms in total. The molecule has 5 rings (SSSR count). The molecule has 36 heavy (non-hydrogen) atoms. The number of thioether (sulfide) groups is 1. The van der Waals surface area contributed by atoms with Crippen molar-refractivity contribution in [2.45, 2.75) is 23.9 Å². The van der Waals surface area contributed by atoms with Crippen LogP contribution >= 0.6 is 11.8 Å². The van der Waals surface area contributed by atoms with E-state index in [1.165, 1.54) is 5.56 Å². The van der Waals surface area contributed by atoms with E-state index in [1.54, 1.807) is 32.2 Å². The third-order valence-corrected chi connectivity index (χ3v) is 6.77. The molecule has 3 aromatic carbocycles. The van der Waals surface area contributed by atoms with Gasteiger partial charge in [-0.15, -0.1) is 10.2 Å². The molecule has 182 valence electrons. The molecule has 0 atom stereocenters. The Hall–Kier alpha value is -4.04. The Kier molecular flexibility index (Phi) is 7.33. The van der Waals surface area contributed by atoms with Crippen molar-refractivity contribution in [2.24, 2.45) is 0 Å². The van der Waals surface area contributed by atoms with E-state index in [0.717, 1.165) is 52.3 Å². The van der Waals surface area contributed by atoms with Crippen molar-refractivity contribution in [1.82, 2.24) is 19.7 Å². The molecule has 0 amide bonds. The summed E-state index contributed by atoms with van der Waals surface area (Å²) in [5.74, 6) is 3.53. The first-order valence-corrected chi connectivity index (χ1v) is 12.6. The number of para-hydroxylation sites is 1. The third-order valence-electron chi connectivity index (χ3n) is 5.77. The average Bonchev–Trinajstić information content (AvgIpc) is 3.58. The molecule has 5 aromatic rings. The summed E-state index contributed by atoms with van der Waals surface area (Å²) < 4.78 is 18.7. The van der Waals surface area contributed by atoms with E-state index in [0.29, 0.717) is 11.6 Å². The van der Waals surface area contributed by atoms with Gasteiger partial charge in [0.05, 0.1) is 25.5 Å². The van der Waals surface area contributed by atoms with Gasteiger partial charge in [-0.05, 0) is 48.4 Å². The van der Waals surface area contributed by atoms with Gasteiger partial charge in [-0.3, -0.25) is 0 Å². The van der Waals surface area contributed by atoms with Gasteiger partial charge in [0.2, 0.25) is 5.89 Å². The van der Waals surface area contributed by atoms with Gasteiger partial charge in [0.1, 0.15) is 17.8 Å². The standard InChI is InChI=1S/C28H26N4O3S/c1-33-23-14-12-21(13-15-23)27-29-22(18-35-27)19-36-28-31-30-26(24-10-6-7-11-25(24)34-2)32(28)17-16-20-8-4-3-5-9-20/h3-15,18H,16-17,19H2,1-2H3. The van der Waals surface area contributed by atoms with Crippen LogP contribution in [0.3, 0.4) is 0 Å². The zero-order valence-corrected chi connectivity index (χ0v) is 20.9. The number of hydrogen-bond donors (Lipinski definition) is 0. The Balaban J connectivity index is 1.37. The number of aromatic nitrogens is 4. The van der Waals surface area contributed by atoms with Gasteiger partial charge in [-0.2, -0.15) is 0 Å². The van der Waals surface area contributed by atoms with Crippen molar-refractivity contribution in [3.63, 3.8) is 0 Å². The predicted octanol–water partition coefficient (Wildman–Crippen LogP) is 6.15. The van der Waals surface area contributed by atoms with E-state index in [-0.39, 0.29) is 0 Å². The number of oxazole rings is 1. The lowest BCUT2D eigenvalue weighted by atomic mass is 10.1. The number of aryl methyl sites for hydroxylation is 1. The first-order valence-electron chi connectivity index (χ1n) is 11.6. The molecular formula is C28H26N4O3S. The van der Waals surface area contributed by atoms with Gasteiger partial charge in [0, 0.05) is 17.9 Å². The minimum Gasteiger partial charge on any atom is -0.497 e. The SMILES string of the molecule is COc1ccc(-c2nc(CSc3nnc(-c4ccccc4OC)n3CCc3ccccc3)co2)cc1. The molecule has 0 saturated heterocycles. The average molecular weight is 499 g/mol. The van der Waals surface area contributed by atoms with Gasteiger partial charge in [-0.25, -0.2) is 4.98 Å². The second kappa shape index (κ2) is 11.1. The molecule has 0 fully saturated rings. The van der Waals surface area contributed by atoms with Gasteiger partial charge < -0.3 is 18.5 Å². The number of nitrogens with zero attached hydrogens (tertiary/aromatic N) is 4. The molecule has 0 aliphatic heterocycles. The number of rotatable bonds is 10.